The molecular weight excluding hydrogens is 314 g/mol. The van der Waals surface area contributed by atoms with Gasteiger partial charge in [0.25, 0.3) is 5.91 Å². The van der Waals surface area contributed by atoms with Crippen LogP contribution in [0.2, 0.25) is 0 Å². The highest BCUT2D eigenvalue weighted by Gasteiger charge is 2.08. The van der Waals surface area contributed by atoms with Crippen LogP contribution in [0, 0.1) is 6.92 Å². The Morgan fingerprint density at radius 3 is 2.48 bits per heavy atom. The maximum atomic E-state index is 12.1. The van der Waals surface area contributed by atoms with Crippen LogP contribution in [-0.2, 0) is 13.1 Å². The van der Waals surface area contributed by atoms with Gasteiger partial charge in [-0.25, -0.2) is 0 Å². The minimum Gasteiger partial charge on any atom is -0.364 e. The molecular formula is C19H19N5O. The summed E-state index contributed by atoms with van der Waals surface area (Å²) in [5.41, 5.74) is 3.68. The lowest BCUT2D eigenvalue weighted by molar-refractivity contribution is 0.0945. The average molecular weight is 333 g/mol. The van der Waals surface area contributed by atoms with E-state index in [0.717, 1.165) is 5.56 Å². The molecule has 3 aromatic rings. The number of hydrogen-bond donors (Lipinski definition) is 2. The number of rotatable bonds is 6. The molecule has 0 saturated carbocycles. The molecule has 0 bridgehead atoms. The van der Waals surface area contributed by atoms with Gasteiger partial charge < -0.3 is 10.6 Å². The van der Waals surface area contributed by atoms with Crippen molar-refractivity contribution in [2.75, 3.05) is 5.32 Å². The Labute approximate surface area is 146 Å². The van der Waals surface area contributed by atoms with Gasteiger partial charge in [0.05, 0.1) is 0 Å². The molecule has 2 N–H and O–H groups in total. The third kappa shape index (κ3) is 4.60. The number of amides is 1. The number of nitrogens with one attached hydrogen (secondary N) is 2. The Morgan fingerprint density at radius 2 is 1.76 bits per heavy atom. The number of carbonyl (C=O) groups is 1. The monoisotopic (exact) mass is 333 g/mol. The molecule has 0 aliphatic rings. The summed E-state index contributed by atoms with van der Waals surface area (Å²) in [4.78, 5) is 16.0. The van der Waals surface area contributed by atoms with Crippen LogP contribution in [0.1, 0.15) is 27.2 Å². The Balaban J connectivity index is 1.54. The van der Waals surface area contributed by atoms with Gasteiger partial charge in [-0.3, -0.25) is 9.78 Å². The van der Waals surface area contributed by atoms with E-state index in [4.69, 9.17) is 0 Å². The normalized spacial score (nSPS) is 10.3. The van der Waals surface area contributed by atoms with E-state index in [1.54, 1.807) is 24.5 Å². The van der Waals surface area contributed by atoms with Gasteiger partial charge in [-0.05, 0) is 47.9 Å². The second-order valence-electron chi connectivity index (χ2n) is 5.62. The van der Waals surface area contributed by atoms with E-state index < -0.39 is 0 Å². The number of carbonyl (C=O) groups excluding carboxylic acids is 1. The van der Waals surface area contributed by atoms with Crippen LogP contribution < -0.4 is 10.6 Å². The first kappa shape index (κ1) is 16.6. The zero-order valence-corrected chi connectivity index (χ0v) is 13.9. The van der Waals surface area contributed by atoms with Gasteiger partial charge in [-0.1, -0.05) is 24.3 Å². The van der Waals surface area contributed by atoms with Gasteiger partial charge in [0.2, 0.25) is 0 Å². The summed E-state index contributed by atoms with van der Waals surface area (Å²) in [6.07, 6.45) is 3.38. The predicted octanol–water partition coefficient (Wildman–Crippen LogP) is 2.72. The number of nitrogens with zero attached hydrogens (tertiary/aromatic N) is 3. The van der Waals surface area contributed by atoms with Crippen LogP contribution in [0.15, 0.2) is 60.9 Å². The molecule has 1 aromatic carbocycles. The Morgan fingerprint density at radius 1 is 0.960 bits per heavy atom. The van der Waals surface area contributed by atoms with Crippen LogP contribution in [0.4, 0.5) is 5.82 Å². The zero-order valence-electron chi connectivity index (χ0n) is 13.9. The number of benzene rings is 1. The van der Waals surface area contributed by atoms with Gasteiger partial charge in [0, 0.05) is 25.5 Å². The van der Waals surface area contributed by atoms with Gasteiger partial charge in [-0.15, -0.1) is 10.2 Å². The van der Waals surface area contributed by atoms with Crippen LogP contribution >= 0.6 is 0 Å². The van der Waals surface area contributed by atoms with Gasteiger partial charge >= 0.3 is 0 Å². The first-order valence-corrected chi connectivity index (χ1v) is 8.01. The van der Waals surface area contributed by atoms with Crippen LogP contribution in [-0.4, -0.2) is 21.1 Å². The minimum absolute atomic E-state index is 0.255. The Kier molecular flexibility index (Phi) is 5.31. The molecule has 0 unspecified atom stereocenters. The summed E-state index contributed by atoms with van der Waals surface area (Å²) in [5.74, 6) is 0.378. The number of hydrogen-bond acceptors (Lipinski definition) is 5. The number of aromatic nitrogens is 3. The summed E-state index contributed by atoms with van der Waals surface area (Å²) in [6.45, 7) is 3.16. The topological polar surface area (TPSA) is 79.8 Å². The van der Waals surface area contributed by atoms with Crippen molar-refractivity contribution in [2.45, 2.75) is 20.0 Å². The highest BCUT2D eigenvalue weighted by Crippen LogP contribution is 2.10. The number of anilines is 1. The molecule has 0 radical (unpaired) electrons. The second kappa shape index (κ2) is 8.01. The van der Waals surface area contributed by atoms with E-state index in [9.17, 15) is 4.79 Å². The molecule has 126 valence electrons. The number of pyridine rings is 1. The first-order chi connectivity index (χ1) is 12.2. The van der Waals surface area contributed by atoms with E-state index in [1.807, 2.05) is 24.3 Å². The fourth-order valence-corrected chi connectivity index (χ4v) is 2.32. The van der Waals surface area contributed by atoms with Crippen molar-refractivity contribution >= 4 is 11.7 Å². The lowest BCUT2D eigenvalue weighted by atomic mass is 10.1. The summed E-state index contributed by atoms with van der Waals surface area (Å²) in [5, 5.41) is 14.1. The third-order valence-electron chi connectivity index (χ3n) is 3.82. The predicted molar refractivity (Wildman–Crippen MR) is 95.9 cm³/mol. The highest BCUT2D eigenvalue weighted by molar-refractivity contribution is 5.92. The number of aryl methyl sites for hydroxylation is 1. The standard InChI is InChI=1S/C19H19N5O/c1-14-4-2-3-5-16(14)13-21-18-7-6-17(23-24-18)19(25)22-12-15-8-10-20-11-9-15/h2-11H,12-13H2,1H3,(H,21,24)(H,22,25). The summed E-state index contributed by atoms with van der Waals surface area (Å²) < 4.78 is 0. The Bertz CT molecular complexity index is 834. The van der Waals surface area contributed by atoms with E-state index in [2.05, 4.69) is 44.9 Å². The van der Waals surface area contributed by atoms with Crippen molar-refractivity contribution in [3.63, 3.8) is 0 Å². The van der Waals surface area contributed by atoms with Gasteiger partial charge in [0.15, 0.2) is 5.69 Å². The lowest BCUT2D eigenvalue weighted by Gasteiger charge is -2.08. The zero-order chi connectivity index (χ0) is 17.5. The Hall–Kier alpha value is -3.28. The SMILES string of the molecule is Cc1ccccc1CNc1ccc(C(=O)NCc2ccncc2)nn1. The van der Waals surface area contributed by atoms with Crippen LogP contribution in [0.25, 0.3) is 0 Å². The van der Waals surface area contributed by atoms with Crippen molar-refractivity contribution in [1.29, 1.82) is 0 Å². The third-order valence-corrected chi connectivity index (χ3v) is 3.82. The van der Waals surface area contributed by atoms with Crippen molar-refractivity contribution in [1.82, 2.24) is 20.5 Å². The fourth-order valence-electron chi connectivity index (χ4n) is 2.32. The second-order valence-corrected chi connectivity index (χ2v) is 5.62. The molecule has 6 heteroatoms. The van der Waals surface area contributed by atoms with Gasteiger partial charge in [0.1, 0.15) is 5.82 Å². The van der Waals surface area contributed by atoms with E-state index in [-0.39, 0.29) is 11.6 Å². The fraction of sp³-hybridized carbons (Fsp3) is 0.158. The molecule has 0 saturated heterocycles. The lowest BCUT2D eigenvalue weighted by Crippen LogP contribution is -2.24. The van der Waals surface area contributed by atoms with E-state index >= 15 is 0 Å². The van der Waals surface area contributed by atoms with Gasteiger partial charge in [-0.2, -0.15) is 0 Å². The molecule has 0 fully saturated rings. The average Bonchev–Trinajstić information content (AvgIpc) is 2.67. The maximum Gasteiger partial charge on any atom is 0.272 e. The molecule has 0 atom stereocenters. The molecule has 6 nitrogen and oxygen atoms in total. The molecule has 0 spiro atoms. The quantitative estimate of drug-likeness (QED) is 0.725. The molecule has 2 heterocycles. The highest BCUT2D eigenvalue weighted by atomic mass is 16.1. The maximum absolute atomic E-state index is 12.1. The van der Waals surface area contributed by atoms with E-state index in [0.29, 0.717) is 18.9 Å². The molecule has 3 rings (SSSR count). The summed E-state index contributed by atoms with van der Waals surface area (Å²) in [7, 11) is 0. The van der Waals surface area contributed by atoms with Crippen molar-refractivity contribution in [3.8, 4) is 0 Å². The molecule has 25 heavy (non-hydrogen) atoms. The minimum atomic E-state index is -0.255. The molecule has 1 amide bonds. The summed E-state index contributed by atoms with van der Waals surface area (Å²) in [6, 6.07) is 15.3. The van der Waals surface area contributed by atoms with Crippen LogP contribution in [0.5, 0.6) is 0 Å². The van der Waals surface area contributed by atoms with Crippen molar-refractivity contribution in [2.24, 2.45) is 0 Å². The summed E-state index contributed by atoms with van der Waals surface area (Å²) >= 11 is 0. The molecule has 0 aliphatic heterocycles. The first-order valence-electron chi connectivity index (χ1n) is 8.01. The molecule has 2 aromatic heterocycles. The van der Waals surface area contributed by atoms with Crippen molar-refractivity contribution < 1.29 is 4.79 Å². The largest absolute Gasteiger partial charge is 0.364 e. The van der Waals surface area contributed by atoms with Crippen LogP contribution in [0.3, 0.4) is 0 Å². The van der Waals surface area contributed by atoms with Crippen molar-refractivity contribution in [3.05, 3.63) is 83.3 Å². The van der Waals surface area contributed by atoms with E-state index in [1.165, 1.54) is 11.1 Å². The smallest absolute Gasteiger partial charge is 0.272 e. The molecule has 0 aliphatic carbocycles.